The molecule has 1 heterocycles. The molecule has 1 unspecified atom stereocenters. The van der Waals surface area contributed by atoms with E-state index < -0.39 is 28.7 Å². The Morgan fingerprint density at radius 1 is 1.10 bits per heavy atom. The van der Waals surface area contributed by atoms with Crippen LogP contribution in [0.15, 0.2) is 64.2 Å². The van der Waals surface area contributed by atoms with Gasteiger partial charge < -0.3 is 5.32 Å². The smallest absolute Gasteiger partial charge is 0.348 e. The van der Waals surface area contributed by atoms with Crippen LogP contribution in [-0.2, 0) is 6.54 Å². The lowest BCUT2D eigenvalue weighted by Crippen LogP contribution is -2.47. The van der Waals surface area contributed by atoms with Gasteiger partial charge in [-0.15, -0.1) is 0 Å². The van der Waals surface area contributed by atoms with E-state index in [2.05, 4.69) is 10.4 Å². The highest BCUT2D eigenvalue weighted by Gasteiger charge is 2.22. The van der Waals surface area contributed by atoms with Gasteiger partial charge in [-0.2, -0.15) is 9.78 Å². The molecule has 3 rings (SSSR count). The number of carbonyl (C=O) groups is 1. The van der Waals surface area contributed by atoms with Gasteiger partial charge in [-0.25, -0.2) is 9.18 Å². The number of aromatic nitrogens is 3. The molecule has 2 aromatic carbocycles. The Balaban J connectivity index is 2.21. The third-order valence-electron chi connectivity index (χ3n) is 4.53. The van der Waals surface area contributed by atoms with Gasteiger partial charge in [0.15, 0.2) is 0 Å². The van der Waals surface area contributed by atoms with Gasteiger partial charge in [0, 0.05) is 6.04 Å². The van der Waals surface area contributed by atoms with Crippen molar-refractivity contribution >= 4 is 5.91 Å². The number of para-hydroxylation sites is 1. The topological polar surface area (TPSA) is 86.0 Å². The van der Waals surface area contributed by atoms with Crippen molar-refractivity contribution in [2.45, 2.75) is 32.9 Å². The first-order valence-corrected chi connectivity index (χ1v) is 9.26. The number of hydrogen-bond acceptors (Lipinski definition) is 4. The standard InChI is InChI=1S/C21H21FN4O3/c1-3-14(2)23-19(27)18-20(28)25(13-15-9-5-4-6-10-15)21(29)26(24-18)17-12-8-7-11-16(17)22/h4-12,14H,3,13H2,1-2H3,(H,23,27). The van der Waals surface area contributed by atoms with Crippen molar-refractivity contribution < 1.29 is 9.18 Å². The first-order chi connectivity index (χ1) is 13.9. The van der Waals surface area contributed by atoms with Crippen LogP contribution in [0.1, 0.15) is 36.3 Å². The number of nitrogens with zero attached hydrogens (tertiary/aromatic N) is 3. The van der Waals surface area contributed by atoms with Crippen LogP contribution >= 0.6 is 0 Å². The molecule has 0 aliphatic rings. The lowest BCUT2D eigenvalue weighted by molar-refractivity contribution is 0.0929. The molecule has 0 aliphatic carbocycles. The molecule has 3 aromatic rings. The first-order valence-electron chi connectivity index (χ1n) is 9.26. The number of rotatable bonds is 6. The van der Waals surface area contributed by atoms with Crippen LogP contribution in [0, 0.1) is 5.82 Å². The second kappa shape index (κ2) is 8.64. The summed E-state index contributed by atoms with van der Waals surface area (Å²) in [5.41, 5.74) is -1.58. The molecular formula is C21H21FN4O3. The van der Waals surface area contributed by atoms with E-state index in [9.17, 15) is 18.8 Å². The van der Waals surface area contributed by atoms with Crippen LogP contribution in [0.2, 0.25) is 0 Å². The predicted octanol–water partition coefficient (Wildman–Crippen LogP) is 2.11. The van der Waals surface area contributed by atoms with Crippen molar-refractivity contribution in [2.75, 3.05) is 0 Å². The molecule has 1 atom stereocenters. The number of carbonyl (C=O) groups excluding carboxylic acids is 1. The van der Waals surface area contributed by atoms with E-state index >= 15 is 0 Å². The largest absolute Gasteiger partial charge is 0.352 e. The van der Waals surface area contributed by atoms with Crippen molar-refractivity contribution in [2.24, 2.45) is 0 Å². The van der Waals surface area contributed by atoms with Gasteiger partial charge in [0.05, 0.1) is 6.54 Å². The van der Waals surface area contributed by atoms with Gasteiger partial charge in [0.2, 0.25) is 5.69 Å². The number of amides is 1. The van der Waals surface area contributed by atoms with Crippen molar-refractivity contribution in [3.05, 3.63) is 92.5 Å². The zero-order valence-electron chi connectivity index (χ0n) is 16.1. The van der Waals surface area contributed by atoms with Gasteiger partial charge in [0.25, 0.3) is 11.5 Å². The molecule has 0 spiro atoms. The van der Waals surface area contributed by atoms with Crippen molar-refractivity contribution in [3.8, 4) is 5.69 Å². The Kier molecular flexibility index (Phi) is 6.01. The summed E-state index contributed by atoms with van der Waals surface area (Å²) in [7, 11) is 0. The van der Waals surface area contributed by atoms with Crippen molar-refractivity contribution in [1.29, 1.82) is 0 Å². The molecule has 150 valence electrons. The molecule has 7 nitrogen and oxygen atoms in total. The van der Waals surface area contributed by atoms with Crippen molar-refractivity contribution in [1.82, 2.24) is 19.7 Å². The molecule has 29 heavy (non-hydrogen) atoms. The summed E-state index contributed by atoms with van der Waals surface area (Å²) in [6, 6.07) is 14.2. The van der Waals surface area contributed by atoms with Crippen LogP contribution in [-0.4, -0.2) is 26.3 Å². The maximum atomic E-state index is 14.3. The maximum absolute atomic E-state index is 14.3. The van der Waals surface area contributed by atoms with Gasteiger partial charge in [-0.1, -0.05) is 49.4 Å². The highest BCUT2D eigenvalue weighted by atomic mass is 19.1. The van der Waals surface area contributed by atoms with E-state index in [4.69, 9.17) is 0 Å². The molecule has 0 bridgehead atoms. The van der Waals surface area contributed by atoms with Crippen molar-refractivity contribution in [3.63, 3.8) is 0 Å². The minimum absolute atomic E-state index is 0.0703. The maximum Gasteiger partial charge on any atom is 0.352 e. The minimum Gasteiger partial charge on any atom is -0.348 e. The lowest BCUT2D eigenvalue weighted by Gasteiger charge is -2.14. The summed E-state index contributed by atoms with van der Waals surface area (Å²) < 4.78 is 16.0. The molecule has 1 amide bonds. The Bertz CT molecular complexity index is 1140. The molecule has 8 heteroatoms. The van der Waals surface area contributed by atoms with Crippen LogP contribution in [0.4, 0.5) is 4.39 Å². The molecule has 0 saturated carbocycles. The van der Waals surface area contributed by atoms with Crippen LogP contribution in [0.5, 0.6) is 0 Å². The normalized spacial score (nSPS) is 11.8. The minimum atomic E-state index is -0.830. The molecule has 0 fully saturated rings. The van der Waals surface area contributed by atoms with E-state index in [1.807, 2.05) is 13.0 Å². The van der Waals surface area contributed by atoms with E-state index in [0.717, 1.165) is 9.25 Å². The monoisotopic (exact) mass is 396 g/mol. The highest BCUT2D eigenvalue weighted by Crippen LogP contribution is 2.09. The van der Waals surface area contributed by atoms with Crippen LogP contribution < -0.4 is 16.6 Å². The van der Waals surface area contributed by atoms with Gasteiger partial charge in [-0.05, 0) is 31.0 Å². The fourth-order valence-electron chi connectivity index (χ4n) is 2.74. The second-order valence-corrected chi connectivity index (χ2v) is 6.65. The molecule has 0 radical (unpaired) electrons. The van der Waals surface area contributed by atoms with Crippen LogP contribution in [0.3, 0.4) is 0 Å². The van der Waals surface area contributed by atoms with E-state index in [1.54, 1.807) is 31.2 Å². The molecular weight excluding hydrogens is 375 g/mol. The van der Waals surface area contributed by atoms with Gasteiger partial charge in [0.1, 0.15) is 11.5 Å². The molecule has 0 aliphatic heterocycles. The summed E-state index contributed by atoms with van der Waals surface area (Å²) in [6.07, 6.45) is 0.650. The summed E-state index contributed by atoms with van der Waals surface area (Å²) in [6.45, 7) is 3.60. The Morgan fingerprint density at radius 2 is 1.76 bits per heavy atom. The zero-order valence-corrected chi connectivity index (χ0v) is 16.1. The van der Waals surface area contributed by atoms with Crippen LogP contribution in [0.25, 0.3) is 5.69 Å². The van der Waals surface area contributed by atoms with E-state index in [1.165, 1.54) is 24.3 Å². The lowest BCUT2D eigenvalue weighted by atomic mass is 10.2. The quantitative estimate of drug-likeness (QED) is 0.692. The third-order valence-corrected chi connectivity index (χ3v) is 4.53. The summed E-state index contributed by atoms with van der Waals surface area (Å²) in [5.74, 6) is -1.41. The summed E-state index contributed by atoms with van der Waals surface area (Å²) in [4.78, 5) is 38.5. The number of halogens is 1. The SMILES string of the molecule is CCC(C)NC(=O)c1nn(-c2ccccc2F)c(=O)n(Cc2ccccc2)c1=O. The fourth-order valence-corrected chi connectivity index (χ4v) is 2.74. The highest BCUT2D eigenvalue weighted by molar-refractivity contribution is 5.91. The Morgan fingerprint density at radius 3 is 2.41 bits per heavy atom. The fraction of sp³-hybridized carbons (Fsp3) is 0.238. The third kappa shape index (κ3) is 4.31. The second-order valence-electron chi connectivity index (χ2n) is 6.65. The number of hydrogen-bond donors (Lipinski definition) is 1. The van der Waals surface area contributed by atoms with Gasteiger partial charge in [-0.3, -0.25) is 14.2 Å². The predicted molar refractivity (Wildman–Crippen MR) is 107 cm³/mol. The average molecular weight is 396 g/mol. The van der Waals surface area contributed by atoms with Gasteiger partial charge >= 0.3 is 5.69 Å². The zero-order chi connectivity index (χ0) is 21.0. The first kappa shape index (κ1) is 20.2. The van der Waals surface area contributed by atoms with E-state index in [0.29, 0.717) is 12.0 Å². The average Bonchev–Trinajstić information content (AvgIpc) is 2.72. The summed E-state index contributed by atoms with van der Waals surface area (Å²) >= 11 is 0. The summed E-state index contributed by atoms with van der Waals surface area (Å²) in [5, 5.41) is 6.58. The molecule has 1 N–H and O–H groups in total. The number of nitrogens with one attached hydrogen (secondary N) is 1. The Labute approximate surface area is 166 Å². The molecule has 0 saturated heterocycles. The molecule has 1 aromatic heterocycles. The number of benzene rings is 2. The Hall–Kier alpha value is -3.55. The van der Waals surface area contributed by atoms with E-state index in [-0.39, 0.29) is 18.3 Å².